The van der Waals surface area contributed by atoms with Crippen LogP contribution in [0.3, 0.4) is 0 Å². The molecule has 0 aliphatic rings. The van der Waals surface area contributed by atoms with Gasteiger partial charge in [-0.2, -0.15) is 5.26 Å². The Kier molecular flexibility index (Phi) is 3.96. The summed E-state index contributed by atoms with van der Waals surface area (Å²) in [4.78, 5) is 23.7. The number of para-hydroxylation sites is 1. The summed E-state index contributed by atoms with van der Waals surface area (Å²) in [5.41, 5.74) is 0.0379. The molecule has 0 amide bonds. The molecule has 0 atom stereocenters. The number of hydrogen-bond donors (Lipinski definition) is 0. The zero-order valence-electron chi connectivity index (χ0n) is 10.8. The Morgan fingerprint density at radius 3 is 2.90 bits per heavy atom. The molecule has 0 N–H and O–H groups in total. The molecule has 20 heavy (non-hydrogen) atoms. The van der Waals surface area contributed by atoms with Crippen molar-refractivity contribution in [2.75, 3.05) is 6.61 Å². The highest BCUT2D eigenvalue weighted by Crippen LogP contribution is 2.12. The van der Waals surface area contributed by atoms with Gasteiger partial charge < -0.3 is 9.15 Å². The van der Waals surface area contributed by atoms with Gasteiger partial charge in [0.15, 0.2) is 5.43 Å². The molecule has 0 saturated carbocycles. The average molecular weight is 269 g/mol. The molecule has 1 aromatic carbocycles. The Labute approximate surface area is 114 Å². The van der Waals surface area contributed by atoms with E-state index in [1.165, 1.54) is 12.3 Å². The molecule has 1 heterocycles. The Hall–Kier alpha value is -2.87. The van der Waals surface area contributed by atoms with Crippen molar-refractivity contribution >= 4 is 23.0 Å². The van der Waals surface area contributed by atoms with E-state index >= 15 is 0 Å². The number of benzene rings is 1. The number of rotatable bonds is 3. The lowest BCUT2D eigenvalue weighted by Gasteiger charge is -2.00. The van der Waals surface area contributed by atoms with Gasteiger partial charge in [0.25, 0.3) is 0 Å². The van der Waals surface area contributed by atoms with Gasteiger partial charge in [-0.25, -0.2) is 4.79 Å². The number of esters is 1. The van der Waals surface area contributed by atoms with Crippen LogP contribution >= 0.6 is 0 Å². The van der Waals surface area contributed by atoms with E-state index in [9.17, 15) is 9.59 Å². The molecule has 0 unspecified atom stereocenters. The molecule has 0 radical (unpaired) electrons. The van der Waals surface area contributed by atoms with Gasteiger partial charge in [-0.15, -0.1) is 0 Å². The second-order valence-electron chi connectivity index (χ2n) is 3.91. The van der Waals surface area contributed by atoms with E-state index in [4.69, 9.17) is 14.4 Å². The van der Waals surface area contributed by atoms with Crippen molar-refractivity contribution in [2.45, 2.75) is 6.92 Å². The van der Waals surface area contributed by atoms with Crippen LogP contribution in [-0.4, -0.2) is 12.6 Å². The highest BCUT2D eigenvalue weighted by molar-refractivity contribution is 5.98. The highest BCUT2D eigenvalue weighted by Gasteiger charge is 2.12. The molecule has 2 aromatic rings. The van der Waals surface area contributed by atoms with Crippen molar-refractivity contribution < 1.29 is 13.9 Å². The molecule has 5 nitrogen and oxygen atoms in total. The lowest BCUT2D eigenvalue weighted by atomic mass is 10.1. The maximum absolute atomic E-state index is 12.2. The summed E-state index contributed by atoms with van der Waals surface area (Å²) >= 11 is 0. The predicted octanol–water partition coefficient (Wildman–Crippen LogP) is 2.26. The molecule has 0 aliphatic heterocycles. The van der Waals surface area contributed by atoms with E-state index in [0.717, 1.165) is 0 Å². The minimum atomic E-state index is -0.762. The van der Waals surface area contributed by atoms with Gasteiger partial charge in [-0.1, -0.05) is 12.1 Å². The Morgan fingerprint density at radius 1 is 1.45 bits per heavy atom. The monoisotopic (exact) mass is 269 g/mol. The molecule has 1 aromatic heterocycles. The number of nitrogens with zero attached hydrogens (tertiary/aromatic N) is 1. The summed E-state index contributed by atoms with van der Waals surface area (Å²) in [6.07, 6.45) is 2.40. The van der Waals surface area contributed by atoms with Crippen LogP contribution in [0.15, 0.2) is 45.3 Å². The molecular weight excluding hydrogens is 258 g/mol. The number of carbonyl (C=O) groups excluding carboxylic acids is 1. The molecule has 2 rings (SSSR count). The minimum Gasteiger partial charge on any atom is -0.463 e. The zero-order valence-corrected chi connectivity index (χ0v) is 10.8. The Balaban J connectivity index is 2.53. The van der Waals surface area contributed by atoms with Gasteiger partial charge in [-0.05, 0) is 25.1 Å². The fourth-order valence-corrected chi connectivity index (χ4v) is 1.69. The maximum atomic E-state index is 12.2. The van der Waals surface area contributed by atoms with Gasteiger partial charge in [-0.3, -0.25) is 4.79 Å². The summed E-state index contributed by atoms with van der Waals surface area (Å²) in [7, 11) is 0. The van der Waals surface area contributed by atoms with E-state index in [0.29, 0.717) is 11.0 Å². The number of fused-ring (bicyclic) bond motifs is 1. The molecule has 0 fully saturated rings. The molecule has 5 heteroatoms. The molecule has 0 bridgehead atoms. The smallest absolute Gasteiger partial charge is 0.348 e. The maximum Gasteiger partial charge on any atom is 0.348 e. The Bertz CT molecular complexity index is 780. The van der Waals surface area contributed by atoms with Gasteiger partial charge >= 0.3 is 5.97 Å². The highest BCUT2D eigenvalue weighted by atomic mass is 16.5. The first-order valence-electron chi connectivity index (χ1n) is 5.96. The fourth-order valence-electron chi connectivity index (χ4n) is 1.69. The summed E-state index contributed by atoms with van der Waals surface area (Å²) in [5, 5.41) is 9.33. The van der Waals surface area contributed by atoms with Gasteiger partial charge in [0.05, 0.1) is 17.6 Å². The second kappa shape index (κ2) is 5.85. The van der Waals surface area contributed by atoms with Gasteiger partial charge in [0.2, 0.25) is 0 Å². The first-order chi connectivity index (χ1) is 9.67. The van der Waals surface area contributed by atoms with Gasteiger partial charge in [0, 0.05) is 0 Å². The van der Waals surface area contributed by atoms with Gasteiger partial charge in [0.1, 0.15) is 23.5 Å². The lowest BCUT2D eigenvalue weighted by Crippen LogP contribution is -2.09. The number of nitriles is 1. The van der Waals surface area contributed by atoms with Crippen molar-refractivity contribution in [3.63, 3.8) is 0 Å². The van der Waals surface area contributed by atoms with E-state index in [1.807, 2.05) is 0 Å². The SMILES string of the molecule is CCOC(=O)C(C#N)=Cc1coc2ccccc2c1=O. The van der Waals surface area contributed by atoms with Crippen molar-refractivity contribution in [3.05, 3.63) is 51.9 Å². The van der Waals surface area contributed by atoms with Crippen LogP contribution < -0.4 is 5.43 Å². The topological polar surface area (TPSA) is 80.3 Å². The summed E-state index contributed by atoms with van der Waals surface area (Å²) < 4.78 is 10.0. The summed E-state index contributed by atoms with van der Waals surface area (Å²) in [6.45, 7) is 1.79. The molecule has 100 valence electrons. The van der Waals surface area contributed by atoms with Crippen LogP contribution in [0.1, 0.15) is 12.5 Å². The van der Waals surface area contributed by atoms with E-state index < -0.39 is 5.97 Å². The van der Waals surface area contributed by atoms with Crippen molar-refractivity contribution in [1.82, 2.24) is 0 Å². The largest absolute Gasteiger partial charge is 0.463 e. The quantitative estimate of drug-likeness (QED) is 0.485. The molecule has 0 saturated heterocycles. The number of hydrogen-bond acceptors (Lipinski definition) is 5. The van der Waals surface area contributed by atoms with Crippen LogP contribution in [0, 0.1) is 11.3 Å². The van der Waals surface area contributed by atoms with Crippen molar-refractivity contribution in [3.8, 4) is 6.07 Å². The van der Waals surface area contributed by atoms with E-state index in [1.54, 1.807) is 37.3 Å². The molecular formula is C15H11NO4. The third-order valence-electron chi connectivity index (χ3n) is 2.62. The second-order valence-corrected chi connectivity index (χ2v) is 3.91. The fraction of sp³-hybridized carbons (Fsp3) is 0.133. The standard InChI is InChI=1S/C15H11NO4/c1-2-19-15(18)10(8-16)7-11-9-20-13-6-4-3-5-12(13)14(11)17/h3-7,9H,2H2,1H3. The molecule has 0 aliphatic carbocycles. The lowest BCUT2D eigenvalue weighted by molar-refractivity contribution is -0.137. The van der Waals surface area contributed by atoms with Crippen LogP contribution in [0.25, 0.3) is 17.0 Å². The minimum absolute atomic E-state index is 0.133. The van der Waals surface area contributed by atoms with E-state index in [-0.39, 0.29) is 23.2 Å². The van der Waals surface area contributed by atoms with Crippen LogP contribution in [-0.2, 0) is 9.53 Å². The van der Waals surface area contributed by atoms with Crippen molar-refractivity contribution in [2.24, 2.45) is 0 Å². The molecule has 0 spiro atoms. The van der Waals surface area contributed by atoms with Crippen LogP contribution in [0.2, 0.25) is 0 Å². The van der Waals surface area contributed by atoms with Crippen LogP contribution in [0.4, 0.5) is 0 Å². The first-order valence-corrected chi connectivity index (χ1v) is 5.96. The normalized spacial score (nSPS) is 11.1. The van der Waals surface area contributed by atoms with Crippen LogP contribution in [0.5, 0.6) is 0 Å². The average Bonchev–Trinajstić information content (AvgIpc) is 2.47. The van der Waals surface area contributed by atoms with E-state index in [2.05, 4.69) is 0 Å². The third kappa shape index (κ3) is 2.59. The first kappa shape index (κ1) is 13.6. The predicted molar refractivity (Wildman–Crippen MR) is 72.7 cm³/mol. The summed E-state index contributed by atoms with van der Waals surface area (Å²) in [5.74, 6) is -0.762. The number of carbonyl (C=O) groups is 1. The zero-order chi connectivity index (χ0) is 14.5. The third-order valence-corrected chi connectivity index (χ3v) is 2.62. The summed E-state index contributed by atoms with van der Waals surface area (Å²) in [6, 6.07) is 8.47. The Morgan fingerprint density at radius 2 is 2.20 bits per heavy atom. The number of ether oxygens (including phenoxy) is 1. The van der Waals surface area contributed by atoms with Crippen molar-refractivity contribution in [1.29, 1.82) is 5.26 Å².